The Balaban J connectivity index is 1.40. The van der Waals surface area contributed by atoms with Gasteiger partial charge in [0.15, 0.2) is 5.69 Å². The van der Waals surface area contributed by atoms with Crippen LogP contribution in [0.1, 0.15) is 37.5 Å². The second-order valence-electron chi connectivity index (χ2n) is 13.2. The predicted molar refractivity (Wildman–Crippen MR) is 189 cm³/mol. The minimum Gasteiger partial charge on any atom is -0.459 e. The first kappa shape index (κ1) is 29.2. The molecule has 228 valence electrons. The summed E-state index contributed by atoms with van der Waals surface area (Å²) in [4.78, 5) is 12.8. The van der Waals surface area contributed by atoms with Gasteiger partial charge in [0.05, 0.1) is 24.3 Å². The second-order valence-corrected chi connectivity index (χ2v) is 13.2. The molecule has 0 fully saturated rings. The molecule has 1 aliphatic rings. The number of benzene rings is 4. The molecule has 6 aromatic rings. The van der Waals surface area contributed by atoms with E-state index < -0.39 is 0 Å². The summed E-state index contributed by atoms with van der Waals surface area (Å²) >= 11 is 0. The number of aryl methyl sites for hydroxylation is 2. The van der Waals surface area contributed by atoms with Crippen molar-refractivity contribution in [1.82, 2.24) is 14.5 Å². The molecule has 4 aromatic carbocycles. The number of hydrogen-bond acceptors (Lipinski definition) is 4. The predicted octanol–water partition coefficient (Wildman–Crippen LogP) is 10.3. The average Bonchev–Trinajstić information content (AvgIpc) is 3.61. The Morgan fingerprint density at radius 3 is 2.33 bits per heavy atom. The maximum absolute atomic E-state index is 7.70. The highest BCUT2D eigenvalue weighted by molar-refractivity contribution is 6.10. The molecule has 0 N–H and O–H groups in total. The van der Waals surface area contributed by atoms with Crippen LogP contribution in [0.25, 0.3) is 43.6 Å². The lowest BCUT2D eigenvalue weighted by Crippen LogP contribution is -2.21. The van der Waals surface area contributed by atoms with Crippen LogP contribution in [0.4, 0.5) is 11.4 Å². The van der Waals surface area contributed by atoms with E-state index in [1.165, 1.54) is 27.8 Å². The minimum absolute atomic E-state index is 0.0226. The number of anilines is 1. The van der Waals surface area contributed by atoms with E-state index in [1.54, 1.807) is 6.07 Å². The largest absolute Gasteiger partial charge is 0.459 e. The molecule has 0 unspecified atom stereocenters. The maximum atomic E-state index is 7.70. The van der Waals surface area contributed by atoms with Crippen molar-refractivity contribution < 1.29 is 4.74 Å². The first-order valence-corrected chi connectivity index (χ1v) is 15.6. The lowest BCUT2D eigenvalue weighted by Gasteiger charge is -2.20. The zero-order valence-corrected chi connectivity index (χ0v) is 27.2. The van der Waals surface area contributed by atoms with Crippen molar-refractivity contribution in [3.8, 4) is 28.4 Å². The number of rotatable bonds is 5. The van der Waals surface area contributed by atoms with Crippen molar-refractivity contribution in [2.24, 2.45) is 0 Å². The van der Waals surface area contributed by atoms with Gasteiger partial charge in [-0.2, -0.15) is 0 Å². The highest BCUT2D eigenvalue weighted by Crippen LogP contribution is 2.40. The highest BCUT2D eigenvalue weighted by atomic mass is 16.5. The highest BCUT2D eigenvalue weighted by Gasteiger charge is 2.20. The van der Waals surface area contributed by atoms with Gasteiger partial charge in [-0.15, -0.1) is 0 Å². The van der Waals surface area contributed by atoms with Gasteiger partial charge in [-0.05, 0) is 95.6 Å². The summed E-state index contributed by atoms with van der Waals surface area (Å²) in [6.07, 6.45) is 5.94. The van der Waals surface area contributed by atoms with E-state index in [9.17, 15) is 0 Å². The molecule has 0 saturated heterocycles. The number of pyridine rings is 1. The maximum Gasteiger partial charge on any atom is 0.192 e. The van der Waals surface area contributed by atoms with Crippen LogP contribution < -0.4 is 9.64 Å². The van der Waals surface area contributed by atoms with Crippen LogP contribution in [0.15, 0.2) is 104 Å². The van der Waals surface area contributed by atoms with E-state index in [0.29, 0.717) is 17.2 Å². The van der Waals surface area contributed by atoms with Gasteiger partial charge in [-0.3, -0.25) is 4.57 Å². The standard InChI is InChI=1S/C40H37N5O/c1-26-9-8-10-27(2)39(26)28-11-14-36-35(19-28)34-13-12-32(24-37(34)45(36)38-20-29(15-16-42-38)40(3,4)5)46-33-22-30(41-6)21-31(23-33)44-18-17-43(7)25-44/h8-24H,25H2,1-5,7H3. The third-order valence-corrected chi connectivity index (χ3v) is 8.80. The van der Waals surface area contributed by atoms with Crippen LogP contribution in [0.5, 0.6) is 11.5 Å². The molecule has 0 spiro atoms. The average molecular weight is 604 g/mol. The lowest BCUT2D eigenvalue weighted by molar-refractivity contribution is 0.481. The van der Waals surface area contributed by atoms with Crippen molar-refractivity contribution in [2.45, 2.75) is 40.0 Å². The number of aromatic nitrogens is 2. The van der Waals surface area contributed by atoms with Gasteiger partial charge in [0, 0.05) is 54.2 Å². The summed E-state index contributed by atoms with van der Waals surface area (Å²) in [5.74, 6) is 2.19. The van der Waals surface area contributed by atoms with Crippen LogP contribution in [-0.4, -0.2) is 28.2 Å². The Bertz CT molecular complexity index is 2190. The van der Waals surface area contributed by atoms with Gasteiger partial charge < -0.3 is 14.5 Å². The molecular formula is C40H37N5O. The van der Waals surface area contributed by atoms with E-state index in [0.717, 1.165) is 40.0 Å². The quantitative estimate of drug-likeness (QED) is 0.184. The molecule has 0 saturated carbocycles. The Hall–Kier alpha value is -5.54. The van der Waals surface area contributed by atoms with E-state index >= 15 is 0 Å². The first-order valence-electron chi connectivity index (χ1n) is 15.6. The van der Waals surface area contributed by atoms with Crippen molar-refractivity contribution >= 4 is 33.2 Å². The summed E-state index contributed by atoms with van der Waals surface area (Å²) in [6, 6.07) is 29.4. The number of fused-ring (bicyclic) bond motifs is 3. The fourth-order valence-electron chi connectivity index (χ4n) is 6.43. The van der Waals surface area contributed by atoms with Crippen LogP contribution >= 0.6 is 0 Å². The van der Waals surface area contributed by atoms with Crippen molar-refractivity contribution in [3.63, 3.8) is 0 Å². The molecule has 0 radical (unpaired) electrons. The van der Waals surface area contributed by atoms with E-state index in [4.69, 9.17) is 16.3 Å². The summed E-state index contributed by atoms with van der Waals surface area (Å²) in [5.41, 5.74) is 9.73. The van der Waals surface area contributed by atoms with Gasteiger partial charge in [0.25, 0.3) is 0 Å². The van der Waals surface area contributed by atoms with Gasteiger partial charge >= 0.3 is 0 Å². The molecule has 0 amide bonds. The zero-order valence-electron chi connectivity index (χ0n) is 27.2. The molecule has 1 aliphatic heterocycles. The molecule has 0 atom stereocenters. The van der Waals surface area contributed by atoms with Crippen molar-refractivity contribution in [2.75, 3.05) is 18.6 Å². The summed E-state index contributed by atoms with van der Waals surface area (Å²) in [7, 11) is 2.03. The van der Waals surface area contributed by atoms with Crippen LogP contribution in [0.3, 0.4) is 0 Å². The Morgan fingerprint density at radius 2 is 1.61 bits per heavy atom. The molecule has 46 heavy (non-hydrogen) atoms. The Labute approximate surface area is 270 Å². The van der Waals surface area contributed by atoms with Crippen LogP contribution in [0, 0.1) is 20.4 Å². The molecule has 3 heterocycles. The summed E-state index contributed by atoms with van der Waals surface area (Å²) < 4.78 is 8.75. The SMILES string of the molecule is [C-]#[N+]c1cc(Oc2ccc3c4cc(-c5c(C)cccc5C)ccc4n(-c4cc(C(C)(C)C)ccn4)c3c2)cc(N2C=CN(C)C2)c1. The molecule has 6 nitrogen and oxygen atoms in total. The number of hydrogen-bond donors (Lipinski definition) is 0. The monoisotopic (exact) mass is 603 g/mol. The molecule has 2 aromatic heterocycles. The smallest absolute Gasteiger partial charge is 0.192 e. The fourth-order valence-corrected chi connectivity index (χ4v) is 6.43. The fraction of sp³-hybridized carbons (Fsp3) is 0.200. The molecule has 0 aliphatic carbocycles. The third kappa shape index (κ3) is 5.24. The normalized spacial score (nSPS) is 13.2. The van der Waals surface area contributed by atoms with Crippen molar-refractivity contribution in [3.05, 3.63) is 132 Å². The van der Waals surface area contributed by atoms with Gasteiger partial charge in [-0.25, -0.2) is 9.83 Å². The van der Waals surface area contributed by atoms with E-state index in [1.807, 2.05) is 43.8 Å². The molecule has 0 bridgehead atoms. The van der Waals surface area contributed by atoms with Crippen molar-refractivity contribution in [1.29, 1.82) is 0 Å². The van der Waals surface area contributed by atoms with Gasteiger partial charge in [0.2, 0.25) is 0 Å². The van der Waals surface area contributed by atoms with Gasteiger partial charge in [0.1, 0.15) is 17.3 Å². The summed E-state index contributed by atoms with van der Waals surface area (Å²) in [6.45, 7) is 19.4. The topological polar surface area (TPSA) is 37.9 Å². The number of nitrogens with zero attached hydrogens (tertiary/aromatic N) is 5. The summed E-state index contributed by atoms with van der Waals surface area (Å²) in [5, 5.41) is 2.28. The molecule has 6 heteroatoms. The van der Waals surface area contributed by atoms with Crippen LogP contribution in [0.2, 0.25) is 0 Å². The first-order chi connectivity index (χ1) is 22.1. The Morgan fingerprint density at radius 1 is 0.804 bits per heavy atom. The molecule has 7 rings (SSSR count). The minimum atomic E-state index is -0.0226. The van der Waals surface area contributed by atoms with E-state index in [-0.39, 0.29) is 5.41 Å². The van der Waals surface area contributed by atoms with Gasteiger partial charge in [-0.1, -0.05) is 45.0 Å². The third-order valence-electron chi connectivity index (χ3n) is 8.80. The molecular weight excluding hydrogens is 566 g/mol. The second kappa shape index (κ2) is 11.1. The van der Waals surface area contributed by atoms with Crippen LogP contribution in [-0.2, 0) is 5.41 Å². The Kier molecular flexibility index (Phi) is 7.05. The van der Waals surface area contributed by atoms with E-state index in [2.05, 4.69) is 114 Å². The number of ether oxygens (including phenoxy) is 1. The lowest BCUT2D eigenvalue weighted by atomic mass is 9.88. The zero-order chi connectivity index (χ0) is 32.2.